The SMILES string of the molecule is COC(=O)[C@H]1C[C@H](O)CN1Cc1nc(-c2ccco2)oc1C. The van der Waals surface area contributed by atoms with Crippen molar-refractivity contribution in [3.63, 3.8) is 0 Å². The number of furan rings is 1. The van der Waals surface area contributed by atoms with Gasteiger partial charge in [0.2, 0.25) is 0 Å². The van der Waals surface area contributed by atoms with Crippen molar-refractivity contribution in [3.05, 3.63) is 29.9 Å². The average Bonchev–Trinajstić information content (AvgIpc) is 3.20. The van der Waals surface area contributed by atoms with Crippen molar-refractivity contribution in [1.29, 1.82) is 0 Å². The minimum absolute atomic E-state index is 0.344. The molecular formula is C15H18N2O5. The maximum Gasteiger partial charge on any atom is 0.323 e. The molecule has 7 nitrogen and oxygen atoms in total. The summed E-state index contributed by atoms with van der Waals surface area (Å²) < 4.78 is 15.7. The van der Waals surface area contributed by atoms with Crippen molar-refractivity contribution in [2.45, 2.75) is 32.0 Å². The number of hydrogen-bond donors (Lipinski definition) is 1. The molecule has 0 aromatic carbocycles. The Kier molecular flexibility index (Phi) is 4.00. The molecule has 2 aromatic rings. The number of carbonyl (C=O) groups is 1. The van der Waals surface area contributed by atoms with E-state index in [-0.39, 0.29) is 5.97 Å². The molecular weight excluding hydrogens is 288 g/mol. The zero-order valence-corrected chi connectivity index (χ0v) is 12.5. The number of aliphatic hydroxyl groups excluding tert-OH is 1. The molecule has 1 N–H and O–H groups in total. The molecule has 0 radical (unpaired) electrons. The fourth-order valence-corrected chi connectivity index (χ4v) is 2.71. The highest BCUT2D eigenvalue weighted by Crippen LogP contribution is 2.26. The Balaban J connectivity index is 1.79. The zero-order chi connectivity index (χ0) is 15.7. The van der Waals surface area contributed by atoms with Crippen LogP contribution in [0.5, 0.6) is 0 Å². The number of hydrogen-bond acceptors (Lipinski definition) is 7. The van der Waals surface area contributed by atoms with Crippen LogP contribution < -0.4 is 0 Å². The summed E-state index contributed by atoms with van der Waals surface area (Å²) in [6.45, 7) is 2.63. The molecule has 1 aliphatic heterocycles. The van der Waals surface area contributed by atoms with Gasteiger partial charge in [-0.3, -0.25) is 9.69 Å². The number of methoxy groups -OCH3 is 1. The van der Waals surface area contributed by atoms with E-state index in [1.807, 2.05) is 11.8 Å². The van der Waals surface area contributed by atoms with Crippen LogP contribution in [0.3, 0.4) is 0 Å². The van der Waals surface area contributed by atoms with Gasteiger partial charge in [0.05, 0.1) is 25.2 Å². The number of carbonyl (C=O) groups excluding carboxylic acids is 1. The minimum atomic E-state index is -0.541. The first-order valence-corrected chi connectivity index (χ1v) is 7.08. The Labute approximate surface area is 127 Å². The van der Waals surface area contributed by atoms with E-state index in [1.165, 1.54) is 7.11 Å². The first-order valence-electron chi connectivity index (χ1n) is 7.08. The van der Waals surface area contributed by atoms with Gasteiger partial charge < -0.3 is 18.7 Å². The second-order valence-electron chi connectivity index (χ2n) is 5.36. The monoisotopic (exact) mass is 306 g/mol. The molecule has 0 saturated carbocycles. The van der Waals surface area contributed by atoms with Crippen LogP contribution in [0.15, 0.2) is 27.2 Å². The summed E-state index contributed by atoms with van der Waals surface area (Å²) >= 11 is 0. The predicted octanol–water partition coefficient (Wildman–Crippen LogP) is 1.35. The highest BCUT2D eigenvalue weighted by molar-refractivity contribution is 5.76. The number of likely N-dealkylation sites (tertiary alicyclic amines) is 1. The maximum absolute atomic E-state index is 11.8. The Bertz CT molecular complexity index is 649. The molecule has 2 atom stereocenters. The lowest BCUT2D eigenvalue weighted by molar-refractivity contribution is -0.146. The van der Waals surface area contributed by atoms with E-state index >= 15 is 0 Å². The van der Waals surface area contributed by atoms with Crippen molar-refractivity contribution in [3.8, 4) is 11.7 Å². The summed E-state index contributed by atoms with van der Waals surface area (Å²) in [5.74, 6) is 1.28. The fourth-order valence-electron chi connectivity index (χ4n) is 2.71. The van der Waals surface area contributed by atoms with Crippen LogP contribution in [0.1, 0.15) is 17.9 Å². The van der Waals surface area contributed by atoms with Crippen LogP contribution in [-0.4, -0.2) is 46.8 Å². The first kappa shape index (κ1) is 14.8. The molecule has 0 aliphatic carbocycles. The van der Waals surface area contributed by atoms with Gasteiger partial charge in [0.25, 0.3) is 5.89 Å². The number of oxazole rings is 1. The Morgan fingerprint density at radius 2 is 2.41 bits per heavy atom. The number of esters is 1. The zero-order valence-electron chi connectivity index (χ0n) is 12.5. The van der Waals surface area contributed by atoms with E-state index in [0.717, 1.165) is 5.69 Å². The minimum Gasteiger partial charge on any atom is -0.468 e. The van der Waals surface area contributed by atoms with Gasteiger partial charge in [0, 0.05) is 19.5 Å². The van der Waals surface area contributed by atoms with Crippen LogP contribution in [0.2, 0.25) is 0 Å². The number of rotatable bonds is 4. The van der Waals surface area contributed by atoms with Gasteiger partial charge in [0.1, 0.15) is 11.8 Å². The molecule has 1 fully saturated rings. The number of aromatic nitrogens is 1. The molecule has 22 heavy (non-hydrogen) atoms. The van der Waals surface area contributed by atoms with E-state index in [1.54, 1.807) is 18.4 Å². The number of β-amino-alcohol motifs (C(OH)–C–C–N with tert-alkyl or cyclic N) is 1. The normalized spacial score (nSPS) is 22.1. The number of aliphatic hydroxyl groups is 1. The third kappa shape index (κ3) is 2.77. The lowest BCUT2D eigenvalue weighted by Gasteiger charge is -2.20. The van der Waals surface area contributed by atoms with Gasteiger partial charge in [-0.05, 0) is 19.1 Å². The average molecular weight is 306 g/mol. The summed E-state index contributed by atoms with van der Waals surface area (Å²) in [4.78, 5) is 18.1. The van der Waals surface area contributed by atoms with Crippen molar-refractivity contribution in [1.82, 2.24) is 9.88 Å². The van der Waals surface area contributed by atoms with Gasteiger partial charge in [0.15, 0.2) is 5.76 Å². The Morgan fingerprint density at radius 3 is 3.09 bits per heavy atom. The first-order chi connectivity index (χ1) is 10.6. The smallest absolute Gasteiger partial charge is 0.323 e. The molecule has 1 aliphatic rings. The van der Waals surface area contributed by atoms with E-state index in [0.29, 0.717) is 36.9 Å². The summed E-state index contributed by atoms with van der Waals surface area (Å²) in [5.41, 5.74) is 0.717. The second kappa shape index (κ2) is 5.94. The fraction of sp³-hybridized carbons (Fsp3) is 0.467. The Morgan fingerprint density at radius 1 is 1.59 bits per heavy atom. The molecule has 0 unspecified atom stereocenters. The Hall–Kier alpha value is -2.12. The van der Waals surface area contributed by atoms with Gasteiger partial charge >= 0.3 is 5.97 Å². The van der Waals surface area contributed by atoms with Gasteiger partial charge in [-0.15, -0.1) is 0 Å². The van der Waals surface area contributed by atoms with Crippen LogP contribution in [0.25, 0.3) is 11.7 Å². The summed E-state index contributed by atoms with van der Waals surface area (Å²) in [7, 11) is 1.35. The van der Waals surface area contributed by atoms with E-state index < -0.39 is 12.1 Å². The molecule has 2 aromatic heterocycles. The van der Waals surface area contributed by atoms with Crippen molar-refractivity contribution in [2.75, 3.05) is 13.7 Å². The third-order valence-corrected chi connectivity index (χ3v) is 3.83. The van der Waals surface area contributed by atoms with Crippen LogP contribution in [0, 0.1) is 6.92 Å². The lowest BCUT2D eigenvalue weighted by Crippen LogP contribution is -2.36. The van der Waals surface area contributed by atoms with Gasteiger partial charge in [-0.2, -0.15) is 0 Å². The molecule has 7 heteroatoms. The van der Waals surface area contributed by atoms with E-state index in [4.69, 9.17) is 13.6 Å². The molecule has 0 spiro atoms. The molecule has 1 saturated heterocycles. The van der Waals surface area contributed by atoms with Crippen LogP contribution in [-0.2, 0) is 16.1 Å². The molecule has 3 heterocycles. The summed E-state index contributed by atoms with van der Waals surface area (Å²) in [5, 5.41) is 9.81. The van der Waals surface area contributed by atoms with Crippen molar-refractivity contribution in [2.24, 2.45) is 0 Å². The molecule has 0 bridgehead atoms. The largest absolute Gasteiger partial charge is 0.468 e. The standard InChI is InChI=1S/C15H18N2O5/c1-9-11(16-14(22-9)13-4-3-5-21-13)8-17-7-10(18)6-12(17)15(19)20-2/h3-5,10,12,18H,6-8H2,1-2H3/t10-,12+/m0/s1. The highest BCUT2D eigenvalue weighted by Gasteiger charge is 2.37. The number of ether oxygens (including phenoxy) is 1. The predicted molar refractivity (Wildman–Crippen MR) is 75.8 cm³/mol. The number of aryl methyl sites for hydroxylation is 1. The summed E-state index contributed by atoms with van der Waals surface area (Å²) in [6.07, 6.45) is 1.38. The van der Waals surface area contributed by atoms with Crippen LogP contribution in [0.4, 0.5) is 0 Å². The van der Waals surface area contributed by atoms with E-state index in [9.17, 15) is 9.90 Å². The van der Waals surface area contributed by atoms with Gasteiger partial charge in [-0.1, -0.05) is 0 Å². The van der Waals surface area contributed by atoms with Gasteiger partial charge in [-0.25, -0.2) is 4.98 Å². The highest BCUT2D eigenvalue weighted by atomic mass is 16.5. The molecule has 118 valence electrons. The second-order valence-corrected chi connectivity index (χ2v) is 5.36. The lowest BCUT2D eigenvalue weighted by atomic mass is 10.2. The maximum atomic E-state index is 11.8. The van der Waals surface area contributed by atoms with Crippen LogP contribution >= 0.6 is 0 Å². The molecule has 0 amide bonds. The summed E-state index contributed by atoms with van der Waals surface area (Å²) in [6, 6.07) is 3.08. The molecule has 3 rings (SSSR count). The quantitative estimate of drug-likeness (QED) is 0.853. The van der Waals surface area contributed by atoms with E-state index in [2.05, 4.69) is 4.98 Å². The topological polar surface area (TPSA) is 88.9 Å². The van der Waals surface area contributed by atoms with Crippen molar-refractivity contribution < 1.29 is 23.5 Å². The third-order valence-electron chi connectivity index (χ3n) is 3.83. The van der Waals surface area contributed by atoms with Crippen molar-refractivity contribution >= 4 is 5.97 Å². The number of nitrogens with zero attached hydrogens (tertiary/aromatic N) is 2.